The summed E-state index contributed by atoms with van der Waals surface area (Å²) in [6, 6.07) is 11.6. The lowest BCUT2D eigenvalue weighted by Gasteiger charge is -2.29. The van der Waals surface area contributed by atoms with E-state index in [4.69, 9.17) is 23.2 Å². The smallest absolute Gasteiger partial charge is 0.332 e. The van der Waals surface area contributed by atoms with Gasteiger partial charge in [-0.2, -0.15) is 0 Å². The molecule has 1 atom stereocenters. The van der Waals surface area contributed by atoms with Crippen LogP contribution in [0.15, 0.2) is 42.5 Å². The monoisotopic (exact) mass is 366 g/mol. The van der Waals surface area contributed by atoms with Gasteiger partial charge in [0.2, 0.25) is 0 Å². The average molecular weight is 367 g/mol. The third-order valence-corrected chi connectivity index (χ3v) is 3.96. The molecule has 0 saturated carbocycles. The molecule has 0 aliphatic rings. The van der Waals surface area contributed by atoms with Crippen LogP contribution in [-0.2, 0) is 11.2 Å². The number of pyridine rings is 1. The number of Topliss-reactive ketones (excluding diaryl/α,β-unsaturated/α-hetero) is 1. The van der Waals surface area contributed by atoms with E-state index in [2.05, 4.69) is 10.3 Å². The number of likely N-dealkylation sites (N-methyl/N-ethyl adjacent to an activating group) is 1. The van der Waals surface area contributed by atoms with E-state index in [0.29, 0.717) is 6.54 Å². The standard InChI is InChI=1S/C17H16Cl2N2O3/c1-2-20-17(16(23)24,10-11-6-4-3-5-7-11)15(22)12-8-13(18)21-14(19)9-12/h3-9,20H,2,10H2,1H3,(H,23,24)/t17-/m1/s1. The number of carboxylic acids is 1. The summed E-state index contributed by atoms with van der Waals surface area (Å²) in [5.74, 6) is -1.88. The Labute approximate surface area is 149 Å². The fourth-order valence-electron chi connectivity index (χ4n) is 2.52. The minimum atomic E-state index is -1.82. The van der Waals surface area contributed by atoms with Gasteiger partial charge in [-0.15, -0.1) is 0 Å². The summed E-state index contributed by atoms with van der Waals surface area (Å²) < 4.78 is 0. The molecule has 0 bridgehead atoms. The first-order valence-electron chi connectivity index (χ1n) is 7.29. The quantitative estimate of drug-likeness (QED) is 0.446. The fraction of sp³-hybridized carbons (Fsp3) is 0.235. The Bertz CT molecular complexity index is 733. The highest BCUT2D eigenvalue weighted by Crippen LogP contribution is 2.23. The van der Waals surface area contributed by atoms with Gasteiger partial charge in [0.1, 0.15) is 10.3 Å². The van der Waals surface area contributed by atoms with Gasteiger partial charge in [-0.25, -0.2) is 9.78 Å². The molecule has 2 rings (SSSR count). The van der Waals surface area contributed by atoms with Crippen molar-refractivity contribution in [2.75, 3.05) is 6.54 Å². The number of rotatable bonds is 7. The van der Waals surface area contributed by atoms with Crippen molar-refractivity contribution in [2.24, 2.45) is 0 Å². The minimum Gasteiger partial charge on any atom is -0.480 e. The first-order valence-corrected chi connectivity index (χ1v) is 8.05. The van der Waals surface area contributed by atoms with Gasteiger partial charge in [-0.05, 0) is 24.2 Å². The van der Waals surface area contributed by atoms with Gasteiger partial charge in [0.25, 0.3) is 0 Å². The van der Waals surface area contributed by atoms with Gasteiger partial charge >= 0.3 is 5.97 Å². The molecule has 0 aliphatic carbocycles. The fourth-order valence-corrected chi connectivity index (χ4v) is 2.98. The molecule has 0 aliphatic heterocycles. The first kappa shape index (κ1) is 18.4. The maximum atomic E-state index is 13.0. The molecule has 1 aromatic carbocycles. The van der Waals surface area contributed by atoms with Gasteiger partial charge in [0, 0.05) is 12.0 Å². The SMILES string of the molecule is CCN[C@@](Cc1ccccc1)(C(=O)O)C(=O)c1cc(Cl)nc(Cl)c1. The summed E-state index contributed by atoms with van der Waals surface area (Å²) in [5, 5.41) is 12.7. The van der Waals surface area contributed by atoms with Gasteiger partial charge < -0.3 is 5.11 Å². The van der Waals surface area contributed by atoms with Crippen LogP contribution in [0.3, 0.4) is 0 Å². The van der Waals surface area contributed by atoms with E-state index in [0.717, 1.165) is 5.56 Å². The van der Waals surface area contributed by atoms with Crippen LogP contribution in [0.4, 0.5) is 0 Å². The van der Waals surface area contributed by atoms with Crippen LogP contribution in [0.1, 0.15) is 22.8 Å². The third kappa shape index (κ3) is 3.93. The highest BCUT2D eigenvalue weighted by molar-refractivity contribution is 6.33. The molecule has 1 heterocycles. The van der Waals surface area contributed by atoms with Gasteiger partial charge in [0.05, 0.1) is 0 Å². The van der Waals surface area contributed by atoms with Crippen molar-refractivity contribution >= 4 is 35.0 Å². The highest BCUT2D eigenvalue weighted by atomic mass is 35.5. The lowest BCUT2D eigenvalue weighted by atomic mass is 9.83. The number of aromatic nitrogens is 1. The van der Waals surface area contributed by atoms with Crippen LogP contribution in [0.2, 0.25) is 10.3 Å². The lowest BCUT2D eigenvalue weighted by Crippen LogP contribution is -2.59. The average Bonchev–Trinajstić information content (AvgIpc) is 2.53. The Morgan fingerprint density at radius 3 is 2.25 bits per heavy atom. The van der Waals surface area contributed by atoms with Gasteiger partial charge in [0.15, 0.2) is 11.3 Å². The number of nitrogens with one attached hydrogen (secondary N) is 1. The Balaban J connectivity index is 2.51. The van der Waals surface area contributed by atoms with E-state index in [1.54, 1.807) is 31.2 Å². The number of hydrogen-bond donors (Lipinski definition) is 2. The molecular weight excluding hydrogens is 351 g/mol. The molecule has 0 spiro atoms. The molecule has 7 heteroatoms. The number of ketones is 1. The second-order valence-corrected chi connectivity index (χ2v) is 6.01. The molecule has 1 aromatic heterocycles. The summed E-state index contributed by atoms with van der Waals surface area (Å²) in [6.07, 6.45) is -0.00654. The lowest BCUT2D eigenvalue weighted by molar-refractivity contribution is -0.142. The van der Waals surface area contributed by atoms with E-state index in [-0.39, 0.29) is 22.3 Å². The van der Waals surface area contributed by atoms with Crippen LogP contribution in [0, 0.1) is 0 Å². The molecule has 0 amide bonds. The summed E-state index contributed by atoms with van der Waals surface area (Å²) in [6.45, 7) is 2.04. The number of hydrogen-bond acceptors (Lipinski definition) is 4. The molecular formula is C17H16Cl2N2O3. The van der Waals surface area contributed by atoms with Crippen molar-refractivity contribution in [3.05, 3.63) is 63.9 Å². The Hall–Kier alpha value is -1.95. The number of carbonyl (C=O) groups is 2. The number of carbonyl (C=O) groups excluding carboxylic acids is 1. The van der Waals surface area contributed by atoms with Gasteiger partial charge in [-0.1, -0.05) is 60.5 Å². The predicted molar refractivity (Wildman–Crippen MR) is 92.8 cm³/mol. The maximum absolute atomic E-state index is 13.0. The normalized spacial score (nSPS) is 13.3. The van der Waals surface area contributed by atoms with Crippen molar-refractivity contribution in [2.45, 2.75) is 18.9 Å². The summed E-state index contributed by atoms with van der Waals surface area (Å²) in [4.78, 5) is 28.8. The molecule has 0 radical (unpaired) electrons. The van der Waals surface area contributed by atoms with E-state index in [1.807, 2.05) is 6.07 Å². The summed E-state index contributed by atoms with van der Waals surface area (Å²) in [5.41, 5.74) is -0.996. The topological polar surface area (TPSA) is 79.3 Å². The van der Waals surface area contributed by atoms with Crippen LogP contribution < -0.4 is 5.32 Å². The largest absolute Gasteiger partial charge is 0.480 e. The zero-order valence-electron chi connectivity index (χ0n) is 12.9. The molecule has 0 saturated heterocycles. The van der Waals surface area contributed by atoms with Crippen LogP contribution >= 0.6 is 23.2 Å². The molecule has 5 nitrogen and oxygen atoms in total. The Kier molecular flexibility index (Phi) is 5.94. The molecule has 24 heavy (non-hydrogen) atoms. The van der Waals surface area contributed by atoms with E-state index in [9.17, 15) is 14.7 Å². The van der Waals surface area contributed by atoms with Crippen molar-refractivity contribution in [1.82, 2.24) is 10.3 Å². The van der Waals surface area contributed by atoms with E-state index >= 15 is 0 Å². The molecule has 0 fully saturated rings. The number of halogens is 2. The van der Waals surface area contributed by atoms with E-state index in [1.165, 1.54) is 12.1 Å². The van der Waals surface area contributed by atoms with Crippen molar-refractivity contribution in [1.29, 1.82) is 0 Å². The maximum Gasteiger partial charge on any atom is 0.332 e. The van der Waals surface area contributed by atoms with Crippen molar-refractivity contribution in [3.63, 3.8) is 0 Å². The highest BCUT2D eigenvalue weighted by Gasteiger charge is 2.46. The number of nitrogens with zero attached hydrogens (tertiary/aromatic N) is 1. The Morgan fingerprint density at radius 1 is 1.17 bits per heavy atom. The summed E-state index contributed by atoms with van der Waals surface area (Å²) in [7, 11) is 0. The summed E-state index contributed by atoms with van der Waals surface area (Å²) >= 11 is 11.7. The zero-order valence-corrected chi connectivity index (χ0v) is 14.4. The van der Waals surface area contributed by atoms with Crippen LogP contribution in [0.5, 0.6) is 0 Å². The molecule has 0 unspecified atom stereocenters. The third-order valence-electron chi connectivity index (χ3n) is 3.57. The van der Waals surface area contributed by atoms with E-state index < -0.39 is 17.3 Å². The van der Waals surface area contributed by atoms with Crippen molar-refractivity contribution < 1.29 is 14.7 Å². The van der Waals surface area contributed by atoms with Crippen molar-refractivity contribution in [3.8, 4) is 0 Å². The Morgan fingerprint density at radius 2 is 1.75 bits per heavy atom. The van der Waals surface area contributed by atoms with Gasteiger partial charge in [-0.3, -0.25) is 10.1 Å². The van der Waals surface area contributed by atoms with Crippen LogP contribution in [0.25, 0.3) is 0 Å². The molecule has 126 valence electrons. The van der Waals surface area contributed by atoms with Crippen LogP contribution in [-0.4, -0.2) is 33.9 Å². The number of carboxylic acid groups (broad SMARTS) is 1. The predicted octanol–water partition coefficient (Wildman–Crippen LogP) is 3.25. The zero-order chi connectivity index (χ0) is 17.7. The first-order chi connectivity index (χ1) is 11.4. The second kappa shape index (κ2) is 7.75. The minimum absolute atomic E-state index is 0.00654. The molecule has 2 aromatic rings. The second-order valence-electron chi connectivity index (χ2n) is 5.23. The number of benzene rings is 1. The molecule has 2 N–H and O–H groups in total. The number of aliphatic carboxylic acids is 1.